The van der Waals surface area contributed by atoms with E-state index in [1.807, 2.05) is 0 Å². The van der Waals surface area contributed by atoms with Crippen LogP contribution in [0, 0.1) is 10.1 Å². The summed E-state index contributed by atoms with van der Waals surface area (Å²) in [6, 6.07) is 10.2. The number of halogens is 3. The molecular formula is C20H12Br3N3O7. The van der Waals surface area contributed by atoms with Crippen molar-refractivity contribution in [2.24, 2.45) is 5.10 Å². The first-order valence-corrected chi connectivity index (χ1v) is 11.3. The van der Waals surface area contributed by atoms with Gasteiger partial charge in [-0.2, -0.15) is 5.10 Å². The molecule has 1 amide bonds. The number of nitro groups is 1. The van der Waals surface area contributed by atoms with Crippen molar-refractivity contribution in [1.29, 1.82) is 0 Å². The number of furan rings is 1. The van der Waals surface area contributed by atoms with Crippen LogP contribution in [0.4, 0.5) is 5.69 Å². The average Bonchev–Trinajstić information content (AvgIpc) is 3.30. The van der Waals surface area contributed by atoms with E-state index in [1.165, 1.54) is 36.7 Å². The predicted molar refractivity (Wildman–Crippen MR) is 128 cm³/mol. The van der Waals surface area contributed by atoms with E-state index in [9.17, 15) is 19.7 Å². The lowest BCUT2D eigenvalue weighted by Crippen LogP contribution is -2.24. The van der Waals surface area contributed by atoms with Crippen LogP contribution >= 0.6 is 47.8 Å². The molecule has 0 spiro atoms. The zero-order valence-electron chi connectivity index (χ0n) is 16.3. The summed E-state index contributed by atoms with van der Waals surface area (Å²) in [5, 5.41) is 14.6. The zero-order chi connectivity index (χ0) is 24.0. The number of carbonyl (C=O) groups excluding carboxylic acids is 2. The second kappa shape index (κ2) is 11.2. The van der Waals surface area contributed by atoms with Crippen molar-refractivity contribution < 1.29 is 28.4 Å². The van der Waals surface area contributed by atoms with Crippen LogP contribution in [0.3, 0.4) is 0 Å². The maximum absolute atomic E-state index is 12.2. The van der Waals surface area contributed by atoms with Gasteiger partial charge in [-0.15, -0.1) is 0 Å². The number of hydrazone groups is 1. The number of amides is 1. The summed E-state index contributed by atoms with van der Waals surface area (Å²) in [4.78, 5) is 34.5. The Labute approximate surface area is 211 Å². The minimum absolute atomic E-state index is 0.0237. The number of benzene rings is 2. The number of ether oxygens (including phenoxy) is 2. The van der Waals surface area contributed by atoms with E-state index in [4.69, 9.17) is 13.9 Å². The molecular weight excluding hydrogens is 634 g/mol. The van der Waals surface area contributed by atoms with E-state index in [1.54, 1.807) is 18.2 Å². The average molecular weight is 646 g/mol. The normalized spacial score (nSPS) is 10.8. The molecule has 0 saturated carbocycles. The van der Waals surface area contributed by atoms with Crippen molar-refractivity contribution in [3.8, 4) is 11.5 Å². The minimum atomic E-state index is -0.705. The molecule has 170 valence electrons. The smallest absolute Gasteiger partial charge is 0.379 e. The molecule has 0 fully saturated rings. The topological polar surface area (TPSA) is 133 Å². The lowest BCUT2D eigenvalue weighted by molar-refractivity contribution is -0.384. The van der Waals surface area contributed by atoms with Gasteiger partial charge in [0.1, 0.15) is 5.75 Å². The van der Waals surface area contributed by atoms with Crippen LogP contribution in [-0.4, -0.2) is 29.6 Å². The number of rotatable bonds is 8. The van der Waals surface area contributed by atoms with Crippen molar-refractivity contribution in [2.75, 3.05) is 6.61 Å². The molecule has 0 saturated heterocycles. The molecule has 13 heteroatoms. The Morgan fingerprint density at radius 1 is 1.15 bits per heavy atom. The van der Waals surface area contributed by atoms with Crippen molar-refractivity contribution in [3.05, 3.63) is 83.6 Å². The number of carbonyl (C=O) groups is 2. The summed E-state index contributed by atoms with van der Waals surface area (Å²) in [7, 11) is 0. The molecule has 3 aromatic rings. The van der Waals surface area contributed by atoms with Crippen molar-refractivity contribution in [2.45, 2.75) is 0 Å². The molecule has 0 unspecified atom stereocenters. The third kappa shape index (κ3) is 6.73. The van der Waals surface area contributed by atoms with Gasteiger partial charge < -0.3 is 13.9 Å². The van der Waals surface area contributed by atoms with Gasteiger partial charge >= 0.3 is 5.97 Å². The Morgan fingerprint density at radius 2 is 1.94 bits per heavy atom. The molecule has 3 rings (SSSR count). The number of esters is 1. The van der Waals surface area contributed by atoms with Crippen molar-refractivity contribution >= 4 is 71.6 Å². The van der Waals surface area contributed by atoms with Crippen LogP contribution in [0.1, 0.15) is 16.1 Å². The molecule has 0 bridgehead atoms. The maximum Gasteiger partial charge on any atom is 0.379 e. The van der Waals surface area contributed by atoms with Gasteiger partial charge in [-0.3, -0.25) is 14.9 Å². The molecule has 0 atom stereocenters. The van der Waals surface area contributed by atoms with Crippen LogP contribution in [0.25, 0.3) is 0 Å². The monoisotopic (exact) mass is 643 g/mol. The number of nitro benzene ring substituents is 1. The molecule has 33 heavy (non-hydrogen) atoms. The Hall–Kier alpha value is -3.03. The lowest BCUT2D eigenvalue weighted by atomic mass is 10.2. The number of non-ortho nitro benzene ring substituents is 1. The summed E-state index contributed by atoms with van der Waals surface area (Å²) < 4.78 is 17.2. The van der Waals surface area contributed by atoms with Crippen LogP contribution in [0.5, 0.6) is 11.5 Å². The van der Waals surface area contributed by atoms with Crippen LogP contribution in [-0.2, 0) is 4.79 Å². The first kappa shape index (κ1) is 24.6. The van der Waals surface area contributed by atoms with Crippen LogP contribution < -0.4 is 14.9 Å². The summed E-state index contributed by atoms with van der Waals surface area (Å²) in [5.41, 5.74) is 2.56. The van der Waals surface area contributed by atoms with E-state index in [2.05, 4.69) is 58.3 Å². The second-order valence-corrected chi connectivity index (χ2v) is 8.75. The van der Waals surface area contributed by atoms with Gasteiger partial charge in [0, 0.05) is 22.2 Å². The van der Waals surface area contributed by atoms with Gasteiger partial charge in [0.15, 0.2) is 12.4 Å². The fraction of sp³-hybridized carbons (Fsp3) is 0.0500. The van der Waals surface area contributed by atoms with Gasteiger partial charge in [0.25, 0.3) is 11.6 Å². The van der Waals surface area contributed by atoms with Crippen LogP contribution in [0.15, 0.2) is 71.7 Å². The van der Waals surface area contributed by atoms with E-state index < -0.39 is 23.4 Å². The lowest BCUT2D eigenvalue weighted by Gasteiger charge is -2.10. The minimum Gasteiger partial charge on any atom is -0.483 e. The van der Waals surface area contributed by atoms with Crippen molar-refractivity contribution in [3.63, 3.8) is 0 Å². The maximum atomic E-state index is 12.2. The molecule has 0 aliphatic heterocycles. The number of hydrogen-bond acceptors (Lipinski definition) is 8. The first-order valence-electron chi connectivity index (χ1n) is 8.88. The van der Waals surface area contributed by atoms with E-state index in [0.29, 0.717) is 19.0 Å². The number of hydrogen-bond donors (Lipinski definition) is 1. The third-order valence-corrected chi connectivity index (χ3v) is 5.50. The highest BCUT2D eigenvalue weighted by molar-refractivity contribution is 9.11. The first-order chi connectivity index (χ1) is 15.7. The summed E-state index contributed by atoms with van der Waals surface area (Å²) in [5.74, 6) is -0.842. The Balaban J connectivity index is 1.64. The van der Waals surface area contributed by atoms with Gasteiger partial charge in [0.2, 0.25) is 5.76 Å². The Kier molecular flexibility index (Phi) is 8.36. The molecule has 1 N–H and O–H groups in total. The largest absolute Gasteiger partial charge is 0.483 e. The summed E-state index contributed by atoms with van der Waals surface area (Å²) >= 11 is 9.82. The highest BCUT2D eigenvalue weighted by Crippen LogP contribution is 2.33. The fourth-order valence-electron chi connectivity index (χ4n) is 2.39. The highest BCUT2D eigenvalue weighted by atomic mass is 79.9. The summed E-state index contributed by atoms with van der Waals surface area (Å²) in [6.07, 6.45) is 2.64. The standard InChI is InChI=1S/C20H12Br3N3O7/c21-12-6-11(19(15(23)7-12)33-20(28)17-2-1-5-31-17)9-24-25-18(27)10-32-16-4-3-13(26(29)30)8-14(16)22/h1-9H,10H2,(H,25,27)/b24-9+. The molecule has 1 heterocycles. The number of nitrogens with one attached hydrogen (secondary N) is 1. The van der Waals surface area contributed by atoms with E-state index >= 15 is 0 Å². The quantitative estimate of drug-likeness (QED) is 0.117. The number of nitrogens with zero attached hydrogens (tertiary/aromatic N) is 2. The molecule has 0 radical (unpaired) electrons. The van der Waals surface area contributed by atoms with Gasteiger partial charge in [-0.05, 0) is 62.2 Å². The van der Waals surface area contributed by atoms with Crippen molar-refractivity contribution in [1.82, 2.24) is 5.43 Å². The molecule has 0 aliphatic carbocycles. The molecule has 1 aromatic heterocycles. The highest BCUT2D eigenvalue weighted by Gasteiger charge is 2.17. The fourth-order valence-corrected chi connectivity index (χ4v) is 4.21. The summed E-state index contributed by atoms with van der Waals surface area (Å²) in [6.45, 7) is -0.393. The van der Waals surface area contributed by atoms with Gasteiger partial charge in [-0.25, -0.2) is 10.2 Å². The SMILES string of the molecule is O=C(COc1ccc([N+](=O)[O-])cc1Br)N/N=C/c1cc(Br)cc(Br)c1OC(=O)c1ccco1. The van der Waals surface area contributed by atoms with Gasteiger partial charge in [-0.1, -0.05) is 15.9 Å². The van der Waals surface area contributed by atoms with Crippen LogP contribution in [0.2, 0.25) is 0 Å². The zero-order valence-corrected chi connectivity index (χ0v) is 21.0. The van der Waals surface area contributed by atoms with E-state index in [0.717, 1.165) is 0 Å². The predicted octanol–water partition coefficient (Wildman–Crippen LogP) is 5.22. The second-order valence-electron chi connectivity index (χ2n) is 6.13. The molecule has 0 aliphatic rings. The van der Waals surface area contributed by atoms with Gasteiger partial charge in [0.05, 0.1) is 26.3 Å². The molecule has 10 nitrogen and oxygen atoms in total. The van der Waals surface area contributed by atoms with E-state index in [-0.39, 0.29) is 22.9 Å². The molecule has 2 aromatic carbocycles. The Morgan fingerprint density at radius 3 is 2.61 bits per heavy atom. The Bertz CT molecular complexity index is 1230. The third-order valence-electron chi connectivity index (χ3n) is 3.83.